The molecule has 0 saturated carbocycles. The first-order valence-electron chi connectivity index (χ1n) is 3.70. The van der Waals surface area contributed by atoms with Crippen LogP contribution in [0.3, 0.4) is 0 Å². The lowest BCUT2D eigenvalue weighted by atomic mass is 10.4. The fourth-order valence-corrected chi connectivity index (χ4v) is 2.40. The highest BCUT2D eigenvalue weighted by Crippen LogP contribution is 2.29. The van der Waals surface area contributed by atoms with Crippen molar-refractivity contribution in [3.05, 3.63) is 18.4 Å². The second-order valence-corrected chi connectivity index (χ2v) is 4.32. The molecule has 0 radical (unpaired) electrons. The van der Waals surface area contributed by atoms with Gasteiger partial charge in [-0.1, -0.05) is 11.8 Å². The Morgan fingerprint density at radius 3 is 3.08 bits per heavy atom. The highest BCUT2D eigenvalue weighted by molar-refractivity contribution is 7.99. The molecule has 0 aliphatic carbocycles. The summed E-state index contributed by atoms with van der Waals surface area (Å²) in [6, 6.07) is 3.84. The summed E-state index contributed by atoms with van der Waals surface area (Å²) in [4.78, 5) is 0. The Labute approximate surface area is 80.3 Å². The maximum absolute atomic E-state index is 5.19. The van der Waals surface area contributed by atoms with Gasteiger partial charge in [0.15, 0.2) is 10.1 Å². The summed E-state index contributed by atoms with van der Waals surface area (Å²) >= 11 is 6.61. The molecule has 2 nitrogen and oxygen atoms in total. The highest BCUT2D eigenvalue weighted by Gasteiger charge is 2.22. The van der Waals surface area contributed by atoms with Gasteiger partial charge in [-0.2, -0.15) is 0 Å². The minimum Gasteiger partial charge on any atom is -0.486 e. The van der Waals surface area contributed by atoms with Gasteiger partial charge >= 0.3 is 0 Å². The maximum atomic E-state index is 5.19. The van der Waals surface area contributed by atoms with Crippen LogP contribution in [0.15, 0.2) is 27.9 Å². The molecule has 1 aliphatic rings. The van der Waals surface area contributed by atoms with Crippen LogP contribution >= 0.6 is 24.0 Å². The average molecular weight is 200 g/mol. The van der Waals surface area contributed by atoms with Gasteiger partial charge in [-0.05, 0) is 24.4 Å². The van der Waals surface area contributed by atoms with Gasteiger partial charge in [0, 0.05) is 6.42 Å². The summed E-state index contributed by atoms with van der Waals surface area (Å²) in [6.07, 6.45) is 2.54. The molecule has 0 N–H and O–H groups in total. The number of hydrogen-bond acceptors (Lipinski definition) is 4. The van der Waals surface area contributed by atoms with Crippen LogP contribution in [0.4, 0.5) is 0 Å². The summed E-state index contributed by atoms with van der Waals surface area (Å²) in [5.41, 5.74) is 0. The van der Waals surface area contributed by atoms with Crippen molar-refractivity contribution in [3.8, 4) is 0 Å². The van der Waals surface area contributed by atoms with Crippen LogP contribution in [-0.4, -0.2) is 16.9 Å². The summed E-state index contributed by atoms with van der Waals surface area (Å²) in [5.74, 6) is 0. The molecular weight excluding hydrogens is 192 g/mol. The lowest BCUT2D eigenvalue weighted by Gasteiger charge is -2.00. The molecule has 2 rings (SSSR count). The second-order valence-electron chi connectivity index (χ2n) is 2.56. The van der Waals surface area contributed by atoms with Gasteiger partial charge in [-0.3, -0.25) is 0 Å². The molecule has 1 aromatic rings. The number of thiocarbonyl (C=S) groups is 1. The average Bonchev–Trinajstić information content (AvgIpc) is 2.63. The number of ether oxygens (including phenoxy) is 1. The smallest absolute Gasteiger partial charge is 0.160 e. The zero-order chi connectivity index (χ0) is 8.39. The topological polar surface area (TPSA) is 22.4 Å². The Morgan fingerprint density at radius 1 is 1.58 bits per heavy atom. The van der Waals surface area contributed by atoms with Crippen LogP contribution in [0.5, 0.6) is 0 Å². The van der Waals surface area contributed by atoms with Gasteiger partial charge < -0.3 is 9.15 Å². The molecule has 0 amide bonds. The molecule has 0 aromatic carbocycles. The molecule has 1 unspecified atom stereocenters. The van der Waals surface area contributed by atoms with Crippen LogP contribution in [-0.2, 0) is 4.74 Å². The van der Waals surface area contributed by atoms with E-state index in [2.05, 4.69) is 0 Å². The largest absolute Gasteiger partial charge is 0.486 e. The van der Waals surface area contributed by atoms with Crippen molar-refractivity contribution in [2.75, 3.05) is 6.61 Å². The molecule has 1 fully saturated rings. The Balaban J connectivity index is 1.92. The molecule has 1 saturated heterocycles. The number of furan rings is 1. The van der Waals surface area contributed by atoms with E-state index in [9.17, 15) is 0 Å². The zero-order valence-corrected chi connectivity index (χ0v) is 7.99. The van der Waals surface area contributed by atoms with Gasteiger partial charge in [-0.15, -0.1) is 0 Å². The van der Waals surface area contributed by atoms with Crippen molar-refractivity contribution in [1.29, 1.82) is 0 Å². The van der Waals surface area contributed by atoms with Crippen molar-refractivity contribution in [2.45, 2.75) is 16.8 Å². The minimum atomic E-state index is 0.434. The predicted octanol–water partition coefficient (Wildman–Crippen LogP) is 2.49. The summed E-state index contributed by atoms with van der Waals surface area (Å²) < 4.78 is 10.4. The third kappa shape index (κ3) is 1.81. The summed E-state index contributed by atoms with van der Waals surface area (Å²) in [7, 11) is 0. The first kappa shape index (κ1) is 8.13. The van der Waals surface area contributed by atoms with E-state index in [1.165, 1.54) is 0 Å². The first-order valence-corrected chi connectivity index (χ1v) is 4.99. The Kier molecular flexibility index (Phi) is 2.37. The molecule has 0 spiro atoms. The minimum absolute atomic E-state index is 0.434. The van der Waals surface area contributed by atoms with E-state index in [1.807, 2.05) is 12.1 Å². The number of hydrogen-bond donors (Lipinski definition) is 0. The van der Waals surface area contributed by atoms with Gasteiger partial charge in [0.2, 0.25) is 0 Å². The summed E-state index contributed by atoms with van der Waals surface area (Å²) in [6.45, 7) is 0.712. The normalized spacial score (nSPS) is 22.7. The van der Waals surface area contributed by atoms with E-state index in [-0.39, 0.29) is 0 Å². The van der Waals surface area contributed by atoms with E-state index in [4.69, 9.17) is 21.4 Å². The molecule has 2 heterocycles. The van der Waals surface area contributed by atoms with Crippen molar-refractivity contribution in [3.63, 3.8) is 0 Å². The number of thioether (sulfide) groups is 1. The standard InChI is InChI=1S/C8H8O2S2/c11-7-4-6(5-10-7)12-8-2-1-3-9-8/h1-3,6H,4-5H2. The van der Waals surface area contributed by atoms with Gasteiger partial charge in [0.25, 0.3) is 0 Å². The molecule has 0 bridgehead atoms. The first-order chi connectivity index (χ1) is 5.84. The fourth-order valence-electron chi connectivity index (χ4n) is 1.06. The van der Waals surface area contributed by atoms with Crippen LogP contribution in [0.1, 0.15) is 6.42 Å². The van der Waals surface area contributed by atoms with E-state index in [1.54, 1.807) is 18.0 Å². The lowest BCUT2D eigenvalue weighted by molar-refractivity contribution is 0.354. The maximum Gasteiger partial charge on any atom is 0.160 e. The van der Waals surface area contributed by atoms with E-state index in [0.717, 1.165) is 16.6 Å². The number of rotatable bonds is 2. The van der Waals surface area contributed by atoms with Crippen LogP contribution in [0.25, 0.3) is 0 Å². The van der Waals surface area contributed by atoms with E-state index in [0.29, 0.717) is 11.9 Å². The van der Waals surface area contributed by atoms with Crippen LogP contribution in [0, 0.1) is 0 Å². The van der Waals surface area contributed by atoms with Crippen LogP contribution in [0.2, 0.25) is 0 Å². The van der Waals surface area contributed by atoms with Gasteiger partial charge in [-0.25, -0.2) is 0 Å². The lowest BCUT2D eigenvalue weighted by Crippen LogP contribution is -1.99. The Hall–Kier alpha value is -0.480. The third-order valence-electron chi connectivity index (χ3n) is 1.60. The van der Waals surface area contributed by atoms with Crippen molar-refractivity contribution >= 4 is 29.0 Å². The molecule has 1 aromatic heterocycles. The second kappa shape index (κ2) is 3.49. The fraction of sp³-hybridized carbons (Fsp3) is 0.375. The Morgan fingerprint density at radius 2 is 2.50 bits per heavy atom. The van der Waals surface area contributed by atoms with E-state index < -0.39 is 0 Å². The van der Waals surface area contributed by atoms with Gasteiger partial charge in [0.05, 0.1) is 11.5 Å². The van der Waals surface area contributed by atoms with Crippen molar-refractivity contribution in [2.24, 2.45) is 0 Å². The van der Waals surface area contributed by atoms with Gasteiger partial charge in [0.1, 0.15) is 6.61 Å². The van der Waals surface area contributed by atoms with Crippen LogP contribution < -0.4 is 0 Å². The molecule has 1 atom stereocenters. The summed E-state index contributed by atoms with van der Waals surface area (Å²) in [5, 5.41) is 2.09. The molecule has 64 valence electrons. The quantitative estimate of drug-likeness (QED) is 0.684. The molecule has 4 heteroatoms. The zero-order valence-electron chi connectivity index (χ0n) is 6.36. The molecular formula is C8H8O2S2. The van der Waals surface area contributed by atoms with E-state index >= 15 is 0 Å². The van der Waals surface area contributed by atoms with Crippen molar-refractivity contribution in [1.82, 2.24) is 0 Å². The molecule has 1 aliphatic heterocycles. The molecule has 12 heavy (non-hydrogen) atoms. The Bertz CT molecular complexity index is 269. The predicted molar refractivity (Wildman–Crippen MR) is 51.5 cm³/mol. The third-order valence-corrected chi connectivity index (χ3v) is 2.99. The monoisotopic (exact) mass is 200 g/mol. The SMILES string of the molecule is S=C1CC(Sc2ccco2)CO1. The highest BCUT2D eigenvalue weighted by atomic mass is 32.2. The van der Waals surface area contributed by atoms with Crippen molar-refractivity contribution < 1.29 is 9.15 Å².